The summed E-state index contributed by atoms with van der Waals surface area (Å²) in [6.07, 6.45) is 0. The number of carbonyl (C=O) groups excluding carboxylic acids is 2. The Balaban J connectivity index is 1.89. The fourth-order valence-electron chi connectivity index (χ4n) is 2.39. The van der Waals surface area contributed by atoms with Crippen molar-refractivity contribution in [1.82, 2.24) is 4.31 Å². The minimum absolute atomic E-state index is 0.0382. The highest BCUT2D eigenvalue weighted by Gasteiger charge is 2.30. The number of anilines is 1. The van der Waals surface area contributed by atoms with Crippen molar-refractivity contribution in [2.75, 3.05) is 12.4 Å². The van der Waals surface area contributed by atoms with Gasteiger partial charge in [0.1, 0.15) is 5.82 Å². The van der Waals surface area contributed by atoms with Gasteiger partial charge in [0.05, 0.1) is 16.1 Å². The molecule has 0 fully saturated rings. The number of halogens is 1. The molecule has 1 aliphatic heterocycles. The average Bonchev–Trinajstić information content (AvgIpc) is 2.84. The van der Waals surface area contributed by atoms with E-state index < -0.39 is 27.5 Å². The molecule has 2 aromatic carbocycles. The third-order valence-corrected chi connectivity index (χ3v) is 5.52. The smallest absolute Gasteiger partial charge is 0.296 e. The first-order valence-corrected chi connectivity index (χ1v) is 8.43. The van der Waals surface area contributed by atoms with Crippen molar-refractivity contribution in [3.05, 3.63) is 59.4 Å². The Morgan fingerprint density at radius 2 is 1.75 bits per heavy atom. The van der Waals surface area contributed by atoms with Crippen LogP contribution in [0.15, 0.2) is 47.4 Å². The summed E-state index contributed by atoms with van der Waals surface area (Å²) < 4.78 is 39.3. The van der Waals surface area contributed by atoms with Gasteiger partial charge >= 0.3 is 0 Å². The number of fused-ring (bicyclic) bond motifs is 1. The van der Waals surface area contributed by atoms with Crippen LogP contribution in [0.2, 0.25) is 0 Å². The minimum Gasteiger partial charge on any atom is -0.318 e. The van der Waals surface area contributed by atoms with Gasteiger partial charge < -0.3 is 5.32 Å². The number of sulfonamides is 1. The van der Waals surface area contributed by atoms with Gasteiger partial charge in [0.2, 0.25) is 10.0 Å². The lowest BCUT2D eigenvalue weighted by atomic mass is 10.1. The van der Waals surface area contributed by atoms with Crippen LogP contribution in [0.1, 0.15) is 15.9 Å². The number of benzene rings is 2. The first kappa shape index (κ1) is 16.3. The van der Waals surface area contributed by atoms with E-state index in [9.17, 15) is 22.4 Å². The quantitative estimate of drug-likeness (QED) is 0.854. The Labute approximate surface area is 138 Å². The van der Waals surface area contributed by atoms with Crippen molar-refractivity contribution in [1.29, 1.82) is 0 Å². The Kier molecular flexibility index (Phi) is 3.94. The summed E-state index contributed by atoms with van der Waals surface area (Å²) in [7, 11) is -2.48. The second kappa shape index (κ2) is 5.81. The van der Waals surface area contributed by atoms with Gasteiger partial charge in [-0.1, -0.05) is 12.1 Å². The van der Waals surface area contributed by atoms with Gasteiger partial charge in [-0.2, -0.15) is 4.31 Å². The average molecular weight is 348 g/mol. The van der Waals surface area contributed by atoms with E-state index in [1.165, 1.54) is 49.5 Å². The molecular weight excluding hydrogens is 335 g/mol. The maximum absolute atomic E-state index is 12.9. The second-order valence-corrected chi connectivity index (χ2v) is 7.42. The Morgan fingerprint density at radius 3 is 2.42 bits per heavy atom. The van der Waals surface area contributed by atoms with Crippen molar-refractivity contribution >= 4 is 27.4 Å². The maximum Gasteiger partial charge on any atom is 0.296 e. The fraction of sp³-hybridized carbons (Fsp3) is 0.125. The molecule has 8 heteroatoms. The molecule has 1 amide bonds. The summed E-state index contributed by atoms with van der Waals surface area (Å²) in [6, 6.07) is 9.39. The Hall–Kier alpha value is -2.58. The number of nitrogens with one attached hydrogen (secondary N) is 1. The second-order valence-electron chi connectivity index (χ2n) is 5.38. The molecule has 6 nitrogen and oxygen atoms in total. The lowest BCUT2D eigenvalue weighted by Gasteiger charge is -2.17. The van der Waals surface area contributed by atoms with Crippen LogP contribution in [-0.2, 0) is 21.4 Å². The van der Waals surface area contributed by atoms with Crippen LogP contribution in [-0.4, -0.2) is 31.5 Å². The molecule has 0 aromatic heterocycles. The van der Waals surface area contributed by atoms with Crippen molar-refractivity contribution < 1.29 is 22.4 Å². The number of nitrogens with zero attached hydrogens (tertiary/aromatic N) is 1. The third kappa shape index (κ3) is 2.81. The number of ketones is 1. The number of hydrogen-bond acceptors (Lipinski definition) is 4. The Bertz CT molecular complexity index is 939. The van der Waals surface area contributed by atoms with E-state index in [2.05, 4.69) is 5.32 Å². The molecule has 0 bridgehead atoms. The molecule has 3 rings (SSSR count). The van der Waals surface area contributed by atoms with Crippen LogP contribution in [0.5, 0.6) is 0 Å². The lowest BCUT2D eigenvalue weighted by molar-refractivity contribution is -0.112. The zero-order chi connectivity index (χ0) is 17.5. The van der Waals surface area contributed by atoms with Crippen LogP contribution < -0.4 is 5.32 Å². The molecule has 2 aromatic rings. The maximum atomic E-state index is 12.9. The summed E-state index contributed by atoms with van der Waals surface area (Å²) in [5.74, 6) is -1.94. The van der Waals surface area contributed by atoms with E-state index >= 15 is 0 Å². The van der Waals surface area contributed by atoms with Crippen LogP contribution in [0, 0.1) is 5.82 Å². The molecule has 0 saturated carbocycles. The van der Waals surface area contributed by atoms with Gasteiger partial charge in [-0.3, -0.25) is 9.59 Å². The van der Waals surface area contributed by atoms with Crippen molar-refractivity contribution in [3.8, 4) is 0 Å². The van der Waals surface area contributed by atoms with Crippen LogP contribution >= 0.6 is 0 Å². The van der Waals surface area contributed by atoms with Gasteiger partial charge in [-0.25, -0.2) is 12.8 Å². The molecule has 0 spiro atoms. The van der Waals surface area contributed by atoms with E-state index in [0.29, 0.717) is 11.3 Å². The van der Waals surface area contributed by atoms with Crippen molar-refractivity contribution in [3.63, 3.8) is 0 Å². The summed E-state index contributed by atoms with van der Waals surface area (Å²) >= 11 is 0. The van der Waals surface area contributed by atoms with Crippen LogP contribution in [0.4, 0.5) is 10.1 Å². The molecule has 0 aliphatic carbocycles. The van der Waals surface area contributed by atoms with Gasteiger partial charge in [0, 0.05) is 13.6 Å². The zero-order valence-electron chi connectivity index (χ0n) is 12.6. The highest BCUT2D eigenvalue weighted by Crippen LogP contribution is 2.27. The standard InChI is InChI=1S/C16H13FN2O4S/c1-19(9-10-2-4-11(17)5-3-10)24(22,23)12-6-7-14-13(8-12)15(20)16(21)18-14/h2-8H,9H2,1H3,(H,18,20,21). The van der Waals surface area contributed by atoms with E-state index in [4.69, 9.17) is 0 Å². The summed E-state index contributed by atoms with van der Waals surface area (Å²) in [5, 5.41) is 2.37. The predicted octanol–water partition coefficient (Wildman–Crippen LogP) is 1.78. The number of carbonyl (C=O) groups is 2. The topological polar surface area (TPSA) is 83.6 Å². The number of rotatable bonds is 4. The van der Waals surface area contributed by atoms with E-state index in [0.717, 1.165) is 4.31 Å². The Morgan fingerprint density at radius 1 is 1.08 bits per heavy atom. The minimum atomic E-state index is -3.86. The van der Waals surface area contributed by atoms with E-state index in [1.54, 1.807) is 0 Å². The van der Waals surface area contributed by atoms with Gasteiger partial charge in [0.15, 0.2) is 0 Å². The summed E-state index contributed by atoms with van der Waals surface area (Å²) in [6.45, 7) is 0.0465. The van der Waals surface area contributed by atoms with E-state index in [-0.39, 0.29) is 17.0 Å². The van der Waals surface area contributed by atoms with E-state index in [1.807, 2.05) is 0 Å². The van der Waals surface area contributed by atoms with Gasteiger partial charge in [0.25, 0.3) is 11.7 Å². The number of Topliss-reactive ketones (excluding diaryl/α,β-unsaturated/α-hetero) is 1. The van der Waals surface area contributed by atoms with Crippen molar-refractivity contribution in [2.45, 2.75) is 11.4 Å². The monoisotopic (exact) mass is 348 g/mol. The fourth-order valence-corrected chi connectivity index (χ4v) is 3.58. The van der Waals surface area contributed by atoms with Crippen LogP contribution in [0.3, 0.4) is 0 Å². The molecule has 0 unspecified atom stereocenters. The predicted molar refractivity (Wildman–Crippen MR) is 84.5 cm³/mol. The first-order chi connectivity index (χ1) is 11.3. The summed E-state index contributed by atoms with van der Waals surface area (Å²) in [5.41, 5.74) is 0.956. The normalized spacial score (nSPS) is 14.0. The molecule has 1 heterocycles. The van der Waals surface area contributed by atoms with Gasteiger partial charge in [-0.05, 0) is 35.9 Å². The largest absolute Gasteiger partial charge is 0.318 e. The molecule has 124 valence electrons. The highest BCUT2D eigenvalue weighted by atomic mass is 32.2. The number of amides is 1. The molecule has 24 heavy (non-hydrogen) atoms. The van der Waals surface area contributed by atoms with Gasteiger partial charge in [-0.15, -0.1) is 0 Å². The molecule has 1 aliphatic rings. The first-order valence-electron chi connectivity index (χ1n) is 6.99. The van der Waals surface area contributed by atoms with Crippen molar-refractivity contribution in [2.24, 2.45) is 0 Å². The van der Waals surface area contributed by atoms with Crippen LogP contribution in [0.25, 0.3) is 0 Å². The highest BCUT2D eigenvalue weighted by molar-refractivity contribution is 7.89. The lowest BCUT2D eigenvalue weighted by Crippen LogP contribution is -2.26. The molecule has 0 atom stereocenters. The molecule has 1 N–H and O–H groups in total. The zero-order valence-corrected chi connectivity index (χ0v) is 13.4. The molecule has 0 radical (unpaired) electrons. The summed E-state index contributed by atoms with van der Waals surface area (Å²) in [4.78, 5) is 23.0. The third-order valence-electron chi connectivity index (χ3n) is 3.72. The SMILES string of the molecule is CN(Cc1ccc(F)cc1)S(=O)(=O)c1ccc2c(c1)C(=O)C(=O)N2. The molecular formula is C16H13FN2O4S. The number of hydrogen-bond donors (Lipinski definition) is 1. The molecule has 0 saturated heterocycles.